The van der Waals surface area contributed by atoms with Crippen molar-refractivity contribution < 1.29 is 0 Å². The highest BCUT2D eigenvalue weighted by atomic mass is 14.9. The van der Waals surface area contributed by atoms with Crippen LogP contribution in [0.5, 0.6) is 0 Å². The first-order valence-corrected chi connectivity index (χ1v) is 5.67. The van der Waals surface area contributed by atoms with E-state index in [1.807, 2.05) is 32.0 Å². The largest absolute Gasteiger partial charge is 0.330 e. The standard InChI is InChI=1S/C13H16N4/c1-9-4-3-7-15-12(9)13-16-10(2)8-11(17-13)5-6-14/h3-4,7-8H,5-6,14H2,1-2H3. The molecule has 0 bridgehead atoms. The number of nitrogens with zero attached hydrogens (tertiary/aromatic N) is 3. The quantitative estimate of drug-likeness (QED) is 0.867. The van der Waals surface area contributed by atoms with Gasteiger partial charge in [0, 0.05) is 24.0 Å². The van der Waals surface area contributed by atoms with Crippen molar-refractivity contribution in [1.82, 2.24) is 15.0 Å². The molecule has 4 heteroatoms. The van der Waals surface area contributed by atoms with Crippen molar-refractivity contribution in [2.24, 2.45) is 5.73 Å². The van der Waals surface area contributed by atoms with Crippen LogP contribution in [0.3, 0.4) is 0 Å². The average molecular weight is 228 g/mol. The fourth-order valence-corrected chi connectivity index (χ4v) is 1.74. The summed E-state index contributed by atoms with van der Waals surface area (Å²) in [6.07, 6.45) is 2.53. The van der Waals surface area contributed by atoms with E-state index in [0.29, 0.717) is 12.4 Å². The second-order valence-corrected chi connectivity index (χ2v) is 4.03. The molecule has 4 nitrogen and oxygen atoms in total. The minimum Gasteiger partial charge on any atom is -0.330 e. The van der Waals surface area contributed by atoms with Gasteiger partial charge in [-0.3, -0.25) is 4.98 Å². The zero-order chi connectivity index (χ0) is 12.3. The minimum atomic E-state index is 0.594. The summed E-state index contributed by atoms with van der Waals surface area (Å²) >= 11 is 0. The van der Waals surface area contributed by atoms with Gasteiger partial charge in [0.05, 0.1) is 0 Å². The molecule has 0 fully saturated rings. The first-order valence-electron chi connectivity index (χ1n) is 5.67. The van der Waals surface area contributed by atoms with E-state index in [-0.39, 0.29) is 0 Å². The molecule has 2 aromatic heterocycles. The maximum absolute atomic E-state index is 5.55. The first-order chi connectivity index (χ1) is 8.20. The van der Waals surface area contributed by atoms with Gasteiger partial charge in [0.25, 0.3) is 0 Å². The van der Waals surface area contributed by atoms with E-state index >= 15 is 0 Å². The molecule has 2 N–H and O–H groups in total. The Balaban J connectivity index is 2.48. The first kappa shape index (κ1) is 11.7. The Hall–Kier alpha value is -1.81. The maximum atomic E-state index is 5.55. The summed E-state index contributed by atoms with van der Waals surface area (Å²) in [4.78, 5) is 13.3. The lowest BCUT2D eigenvalue weighted by Gasteiger charge is -2.06. The van der Waals surface area contributed by atoms with Crippen LogP contribution in [0.2, 0.25) is 0 Å². The molecule has 0 aliphatic rings. The van der Waals surface area contributed by atoms with Crippen molar-refractivity contribution in [2.45, 2.75) is 20.3 Å². The van der Waals surface area contributed by atoms with Crippen molar-refractivity contribution >= 4 is 0 Å². The van der Waals surface area contributed by atoms with E-state index in [0.717, 1.165) is 29.1 Å². The number of hydrogen-bond acceptors (Lipinski definition) is 4. The topological polar surface area (TPSA) is 64.7 Å². The van der Waals surface area contributed by atoms with E-state index in [2.05, 4.69) is 15.0 Å². The minimum absolute atomic E-state index is 0.594. The third kappa shape index (κ3) is 2.65. The van der Waals surface area contributed by atoms with Crippen LogP contribution in [0.15, 0.2) is 24.4 Å². The van der Waals surface area contributed by atoms with E-state index in [1.165, 1.54) is 0 Å². The van der Waals surface area contributed by atoms with Crippen LogP contribution in [-0.4, -0.2) is 21.5 Å². The summed E-state index contributed by atoms with van der Waals surface area (Å²) in [5, 5.41) is 0. The Labute approximate surface area is 101 Å². The SMILES string of the molecule is Cc1cc(CCN)nc(-c2ncccc2C)n1. The van der Waals surface area contributed by atoms with Crippen LogP contribution < -0.4 is 5.73 Å². The fraction of sp³-hybridized carbons (Fsp3) is 0.308. The van der Waals surface area contributed by atoms with Crippen molar-refractivity contribution in [3.8, 4) is 11.5 Å². The molecule has 0 spiro atoms. The van der Waals surface area contributed by atoms with Gasteiger partial charge in [0.2, 0.25) is 0 Å². The van der Waals surface area contributed by atoms with Gasteiger partial charge in [-0.2, -0.15) is 0 Å². The molecule has 2 heterocycles. The number of hydrogen-bond donors (Lipinski definition) is 1. The van der Waals surface area contributed by atoms with Gasteiger partial charge in [0.15, 0.2) is 5.82 Å². The number of nitrogens with two attached hydrogens (primary N) is 1. The summed E-state index contributed by atoms with van der Waals surface area (Å²) in [6.45, 7) is 4.57. The lowest BCUT2D eigenvalue weighted by Crippen LogP contribution is -2.07. The lowest BCUT2D eigenvalue weighted by molar-refractivity contribution is 0.901. The van der Waals surface area contributed by atoms with E-state index in [9.17, 15) is 0 Å². The van der Waals surface area contributed by atoms with Gasteiger partial charge in [0.1, 0.15) is 5.69 Å². The van der Waals surface area contributed by atoms with Crippen molar-refractivity contribution in [1.29, 1.82) is 0 Å². The molecule has 0 amide bonds. The Morgan fingerprint density at radius 3 is 2.76 bits per heavy atom. The number of rotatable bonds is 3. The second kappa shape index (κ2) is 5.01. The molecule has 0 saturated heterocycles. The van der Waals surface area contributed by atoms with Gasteiger partial charge in [-0.1, -0.05) is 6.07 Å². The third-order valence-electron chi connectivity index (χ3n) is 2.53. The highest BCUT2D eigenvalue weighted by Crippen LogP contribution is 2.17. The molecule has 0 unspecified atom stereocenters. The normalized spacial score (nSPS) is 10.5. The van der Waals surface area contributed by atoms with Crippen LogP contribution in [0, 0.1) is 13.8 Å². The molecule has 0 aliphatic heterocycles. The maximum Gasteiger partial charge on any atom is 0.178 e. The van der Waals surface area contributed by atoms with Crippen LogP contribution in [-0.2, 0) is 6.42 Å². The van der Waals surface area contributed by atoms with Crippen LogP contribution >= 0.6 is 0 Å². The van der Waals surface area contributed by atoms with Gasteiger partial charge < -0.3 is 5.73 Å². The summed E-state index contributed by atoms with van der Waals surface area (Å²) < 4.78 is 0. The van der Waals surface area contributed by atoms with Crippen LogP contribution in [0.1, 0.15) is 17.0 Å². The average Bonchev–Trinajstić information content (AvgIpc) is 2.29. The Morgan fingerprint density at radius 1 is 1.24 bits per heavy atom. The van der Waals surface area contributed by atoms with Gasteiger partial charge in [-0.15, -0.1) is 0 Å². The monoisotopic (exact) mass is 228 g/mol. The molecule has 0 radical (unpaired) electrons. The lowest BCUT2D eigenvalue weighted by atomic mass is 10.2. The number of aromatic nitrogens is 3. The molecule has 0 saturated carbocycles. The molecule has 0 aromatic carbocycles. The summed E-state index contributed by atoms with van der Waals surface area (Å²) in [5.74, 6) is 0.687. The van der Waals surface area contributed by atoms with Gasteiger partial charge in [-0.25, -0.2) is 9.97 Å². The predicted molar refractivity (Wildman–Crippen MR) is 67.5 cm³/mol. The van der Waals surface area contributed by atoms with Gasteiger partial charge in [-0.05, 0) is 38.1 Å². The molecule has 2 rings (SSSR count). The van der Waals surface area contributed by atoms with Crippen LogP contribution in [0.4, 0.5) is 0 Å². The summed E-state index contributed by atoms with van der Waals surface area (Å²) in [5.41, 5.74) is 9.40. The predicted octanol–water partition coefficient (Wildman–Crippen LogP) is 1.66. The Kier molecular flexibility index (Phi) is 3.44. The fourth-order valence-electron chi connectivity index (χ4n) is 1.74. The second-order valence-electron chi connectivity index (χ2n) is 4.03. The highest BCUT2D eigenvalue weighted by molar-refractivity contribution is 5.54. The molecule has 88 valence electrons. The Bertz CT molecular complexity index is 523. The molecule has 0 aliphatic carbocycles. The smallest absolute Gasteiger partial charge is 0.178 e. The van der Waals surface area contributed by atoms with Crippen molar-refractivity contribution in [3.05, 3.63) is 41.3 Å². The highest BCUT2D eigenvalue weighted by Gasteiger charge is 2.08. The zero-order valence-electron chi connectivity index (χ0n) is 10.1. The molecule has 2 aromatic rings. The van der Waals surface area contributed by atoms with E-state index in [1.54, 1.807) is 6.20 Å². The molecular formula is C13H16N4. The number of aryl methyl sites for hydroxylation is 2. The molecule has 0 atom stereocenters. The van der Waals surface area contributed by atoms with Crippen molar-refractivity contribution in [2.75, 3.05) is 6.54 Å². The summed E-state index contributed by atoms with van der Waals surface area (Å²) in [6, 6.07) is 5.89. The zero-order valence-corrected chi connectivity index (χ0v) is 10.1. The van der Waals surface area contributed by atoms with Gasteiger partial charge >= 0.3 is 0 Å². The van der Waals surface area contributed by atoms with E-state index < -0.39 is 0 Å². The number of pyridine rings is 1. The van der Waals surface area contributed by atoms with Crippen LogP contribution in [0.25, 0.3) is 11.5 Å². The third-order valence-corrected chi connectivity index (χ3v) is 2.53. The van der Waals surface area contributed by atoms with Crippen molar-refractivity contribution in [3.63, 3.8) is 0 Å². The summed E-state index contributed by atoms with van der Waals surface area (Å²) in [7, 11) is 0. The van der Waals surface area contributed by atoms with E-state index in [4.69, 9.17) is 5.73 Å². The Morgan fingerprint density at radius 2 is 2.06 bits per heavy atom. The molecule has 17 heavy (non-hydrogen) atoms. The molecular weight excluding hydrogens is 212 g/mol.